The Kier molecular flexibility index (Phi) is 3.67. The average molecular weight is 257 g/mol. The van der Waals surface area contributed by atoms with Gasteiger partial charge in [0, 0.05) is 22.4 Å². The van der Waals surface area contributed by atoms with E-state index in [1.54, 1.807) is 0 Å². The Morgan fingerprint density at radius 3 is 2.64 bits per heavy atom. The zero-order valence-corrected chi connectivity index (χ0v) is 10.6. The van der Waals surface area contributed by atoms with E-state index in [4.69, 9.17) is 5.73 Å². The molecule has 0 radical (unpaired) electrons. The Labute approximate surface area is 94.0 Å². The molecule has 1 heterocycles. The van der Waals surface area contributed by atoms with Crippen molar-refractivity contribution in [2.24, 2.45) is 5.73 Å². The van der Waals surface area contributed by atoms with Gasteiger partial charge in [0.1, 0.15) is 0 Å². The van der Waals surface area contributed by atoms with Gasteiger partial charge in [0.15, 0.2) is 0 Å². The molecule has 0 bridgehead atoms. The van der Waals surface area contributed by atoms with Gasteiger partial charge in [0.05, 0.1) is 0 Å². The van der Waals surface area contributed by atoms with Crippen LogP contribution in [0, 0.1) is 0 Å². The summed E-state index contributed by atoms with van der Waals surface area (Å²) in [5.41, 5.74) is 8.44. The van der Waals surface area contributed by atoms with Crippen LogP contribution >= 0.6 is 15.9 Å². The molecule has 14 heavy (non-hydrogen) atoms. The van der Waals surface area contributed by atoms with Crippen LogP contribution in [0.25, 0.3) is 0 Å². The number of aromatic nitrogens is 1. The highest BCUT2D eigenvalue weighted by atomic mass is 79.9. The summed E-state index contributed by atoms with van der Waals surface area (Å²) in [5, 5.41) is 0. The minimum Gasteiger partial charge on any atom is -0.322 e. The van der Waals surface area contributed by atoms with Crippen molar-refractivity contribution in [1.82, 2.24) is 4.98 Å². The molecule has 1 unspecified atom stereocenters. The van der Waals surface area contributed by atoms with Crippen LogP contribution in [-0.2, 0) is 12.0 Å². The van der Waals surface area contributed by atoms with Crippen LogP contribution in [-0.4, -0.2) is 4.98 Å². The maximum Gasteiger partial charge on any atom is 0.0413 e. The van der Waals surface area contributed by atoms with Gasteiger partial charge in [-0.2, -0.15) is 0 Å². The fourth-order valence-corrected chi connectivity index (χ4v) is 2.26. The van der Waals surface area contributed by atoms with Gasteiger partial charge in [0.2, 0.25) is 0 Å². The van der Waals surface area contributed by atoms with Gasteiger partial charge in [-0.05, 0) is 46.8 Å². The molecular formula is C11H17BrN2. The molecule has 2 nitrogen and oxygen atoms in total. The Hall–Kier alpha value is -0.410. The number of hydrogen-bond acceptors (Lipinski definition) is 2. The molecule has 1 aliphatic carbocycles. The molecular weight excluding hydrogens is 240 g/mol. The summed E-state index contributed by atoms with van der Waals surface area (Å²) in [4.78, 5) is 4.12. The van der Waals surface area contributed by atoms with Gasteiger partial charge >= 0.3 is 0 Å². The van der Waals surface area contributed by atoms with Crippen LogP contribution in [0.2, 0.25) is 0 Å². The predicted molar refractivity (Wildman–Crippen MR) is 63.1 cm³/mol. The predicted octanol–water partition coefficient (Wildman–Crippen LogP) is 2.99. The first kappa shape index (κ1) is 11.7. The Balaban J connectivity index is 0.000000461. The summed E-state index contributed by atoms with van der Waals surface area (Å²) >= 11 is 3.48. The first-order valence-electron chi connectivity index (χ1n) is 5.03. The number of fused-ring (bicyclic) bond motifs is 1. The second-order valence-electron chi connectivity index (χ2n) is 3.56. The maximum atomic E-state index is 6.10. The third kappa shape index (κ3) is 1.98. The van der Waals surface area contributed by atoms with E-state index in [1.165, 1.54) is 11.1 Å². The third-order valence-electron chi connectivity index (χ3n) is 2.51. The van der Waals surface area contributed by atoms with E-state index in [2.05, 4.69) is 27.8 Å². The topological polar surface area (TPSA) is 38.9 Å². The third-order valence-corrected chi connectivity index (χ3v) is 3.20. The highest BCUT2D eigenvalue weighted by Crippen LogP contribution is 2.37. The zero-order valence-electron chi connectivity index (χ0n) is 8.97. The van der Waals surface area contributed by atoms with Gasteiger partial charge < -0.3 is 5.73 Å². The fourth-order valence-electron chi connectivity index (χ4n) is 1.73. The molecule has 0 spiro atoms. The highest BCUT2D eigenvalue weighted by Gasteiger charge is 2.31. The molecule has 1 aromatic rings. The first-order chi connectivity index (χ1) is 6.61. The van der Waals surface area contributed by atoms with Crippen molar-refractivity contribution in [2.45, 2.75) is 39.2 Å². The van der Waals surface area contributed by atoms with Gasteiger partial charge in [-0.1, -0.05) is 13.8 Å². The molecule has 1 atom stereocenters. The number of nitrogens with zero attached hydrogens (tertiary/aromatic N) is 1. The van der Waals surface area contributed by atoms with Crippen LogP contribution in [0.3, 0.4) is 0 Å². The molecule has 2 rings (SSSR count). The van der Waals surface area contributed by atoms with Gasteiger partial charge in [-0.3, -0.25) is 4.98 Å². The quantitative estimate of drug-likeness (QED) is 0.776. The van der Waals surface area contributed by atoms with E-state index >= 15 is 0 Å². The van der Waals surface area contributed by atoms with Crippen molar-refractivity contribution < 1.29 is 0 Å². The lowest BCUT2D eigenvalue weighted by Crippen LogP contribution is -2.29. The van der Waals surface area contributed by atoms with Gasteiger partial charge in [-0.25, -0.2) is 0 Å². The van der Waals surface area contributed by atoms with Crippen molar-refractivity contribution in [3.63, 3.8) is 0 Å². The molecule has 0 aliphatic heterocycles. The summed E-state index contributed by atoms with van der Waals surface area (Å²) < 4.78 is 1.09. The second-order valence-corrected chi connectivity index (χ2v) is 4.42. The normalized spacial score (nSPS) is 23.8. The molecule has 0 aromatic carbocycles. The van der Waals surface area contributed by atoms with Crippen molar-refractivity contribution in [3.05, 3.63) is 28.0 Å². The van der Waals surface area contributed by atoms with E-state index in [0.29, 0.717) is 0 Å². The Morgan fingerprint density at radius 2 is 2.07 bits per heavy atom. The van der Waals surface area contributed by atoms with Gasteiger partial charge in [-0.15, -0.1) is 0 Å². The van der Waals surface area contributed by atoms with E-state index in [-0.39, 0.29) is 5.54 Å². The van der Waals surface area contributed by atoms with Crippen LogP contribution in [0.15, 0.2) is 16.9 Å². The molecule has 0 amide bonds. The number of nitrogens with two attached hydrogens (primary N) is 1. The number of pyridine rings is 1. The van der Waals surface area contributed by atoms with Crippen LogP contribution in [0.5, 0.6) is 0 Å². The SMILES string of the molecule is CC.CC1(N)CCc2c(Br)cncc21. The fraction of sp³-hybridized carbons (Fsp3) is 0.545. The van der Waals surface area contributed by atoms with Crippen LogP contribution in [0.1, 0.15) is 38.3 Å². The average Bonchev–Trinajstić information content (AvgIpc) is 2.48. The molecule has 1 aromatic heterocycles. The Bertz CT molecular complexity index is 321. The molecule has 3 heteroatoms. The minimum absolute atomic E-state index is 0.174. The van der Waals surface area contributed by atoms with Crippen molar-refractivity contribution >= 4 is 15.9 Å². The van der Waals surface area contributed by atoms with Crippen LogP contribution < -0.4 is 5.73 Å². The van der Waals surface area contributed by atoms with E-state index in [1.807, 2.05) is 26.2 Å². The maximum absolute atomic E-state index is 6.10. The summed E-state index contributed by atoms with van der Waals surface area (Å²) in [6.45, 7) is 6.06. The van der Waals surface area contributed by atoms with Crippen molar-refractivity contribution in [3.8, 4) is 0 Å². The summed E-state index contributed by atoms with van der Waals surface area (Å²) in [6, 6.07) is 0. The Morgan fingerprint density at radius 1 is 1.43 bits per heavy atom. The number of halogens is 1. The summed E-state index contributed by atoms with van der Waals surface area (Å²) in [5.74, 6) is 0. The van der Waals surface area contributed by atoms with E-state index < -0.39 is 0 Å². The largest absolute Gasteiger partial charge is 0.322 e. The standard InChI is InChI=1S/C9H11BrN2.C2H6/c1-9(11)3-2-6-7(9)4-12-5-8(6)10;1-2/h4-5H,2-3,11H2,1H3;1-2H3. The molecule has 78 valence electrons. The first-order valence-corrected chi connectivity index (χ1v) is 5.82. The zero-order chi connectivity index (χ0) is 10.8. The second kappa shape index (κ2) is 4.41. The van der Waals surface area contributed by atoms with Crippen molar-refractivity contribution in [2.75, 3.05) is 0 Å². The smallest absolute Gasteiger partial charge is 0.0413 e. The monoisotopic (exact) mass is 256 g/mol. The number of hydrogen-bond donors (Lipinski definition) is 1. The number of rotatable bonds is 0. The van der Waals surface area contributed by atoms with E-state index in [9.17, 15) is 0 Å². The lowest BCUT2D eigenvalue weighted by molar-refractivity contribution is 0.491. The molecule has 1 aliphatic rings. The molecule has 0 saturated heterocycles. The molecule has 0 saturated carbocycles. The summed E-state index contributed by atoms with van der Waals surface area (Å²) in [6.07, 6.45) is 5.80. The lowest BCUT2D eigenvalue weighted by atomic mass is 9.98. The van der Waals surface area contributed by atoms with Crippen LogP contribution in [0.4, 0.5) is 0 Å². The lowest BCUT2D eigenvalue weighted by Gasteiger charge is -2.18. The van der Waals surface area contributed by atoms with E-state index in [0.717, 1.165) is 17.3 Å². The molecule has 2 N–H and O–H groups in total. The minimum atomic E-state index is -0.174. The van der Waals surface area contributed by atoms with Crippen molar-refractivity contribution in [1.29, 1.82) is 0 Å². The summed E-state index contributed by atoms with van der Waals surface area (Å²) in [7, 11) is 0. The highest BCUT2D eigenvalue weighted by molar-refractivity contribution is 9.10. The molecule has 0 fully saturated rings. The van der Waals surface area contributed by atoms with Gasteiger partial charge in [0.25, 0.3) is 0 Å².